The van der Waals surface area contributed by atoms with Crippen LogP contribution in [-0.4, -0.2) is 17.4 Å². The van der Waals surface area contributed by atoms with E-state index in [0.717, 1.165) is 25.7 Å². The number of amides is 1. The van der Waals surface area contributed by atoms with Crippen molar-refractivity contribution < 1.29 is 14.5 Å². The van der Waals surface area contributed by atoms with E-state index in [1.165, 1.54) is 19.1 Å². The van der Waals surface area contributed by atoms with E-state index < -0.39 is 4.92 Å². The minimum Gasteiger partial charge on any atom is -0.493 e. The Kier molecular flexibility index (Phi) is 6.49. The molecule has 0 bridgehead atoms. The van der Waals surface area contributed by atoms with Gasteiger partial charge in [-0.3, -0.25) is 14.9 Å². The fraction of sp³-hybridized carbons (Fsp3) is 0.500. The van der Waals surface area contributed by atoms with Crippen LogP contribution in [0.15, 0.2) is 18.2 Å². The van der Waals surface area contributed by atoms with Crippen molar-refractivity contribution in [1.29, 1.82) is 0 Å². The molecule has 1 amide bonds. The summed E-state index contributed by atoms with van der Waals surface area (Å²) in [5, 5.41) is 13.4. The summed E-state index contributed by atoms with van der Waals surface area (Å²) in [5.41, 5.74) is 0.0205. The smallest absolute Gasteiger partial charge is 0.296 e. The molecule has 0 atom stereocenters. The summed E-state index contributed by atoms with van der Waals surface area (Å²) in [6.45, 7) is 3.98. The van der Waals surface area contributed by atoms with Gasteiger partial charge in [-0.1, -0.05) is 26.2 Å². The molecule has 1 rings (SSSR count). The molecule has 0 heterocycles. The highest BCUT2D eigenvalue weighted by molar-refractivity contribution is 5.91. The lowest BCUT2D eigenvalue weighted by molar-refractivity contribution is -0.384. The van der Waals surface area contributed by atoms with E-state index in [0.29, 0.717) is 12.4 Å². The first-order valence-electron chi connectivity index (χ1n) is 6.73. The van der Waals surface area contributed by atoms with Crippen LogP contribution < -0.4 is 10.1 Å². The molecule has 0 aliphatic rings. The van der Waals surface area contributed by atoms with E-state index in [9.17, 15) is 14.9 Å². The van der Waals surface area contributed by atoms with Gasteiger partial charge in [-0.05, 0) is 18.6 Å². The Morgan fingerprint density at radius 2 is 2.10 bits per heavy atom. The highest BCUT2D eigenvalue weighted by Gasteiger charge is 2.16. The maximum Gasteiger partial charge on any atom is 0.296 e. The molecule has 0 radical (unpaired) electrons. The number of anilines is 1. The van der Waals surface area contributed by atoms with Crippen LogP contribution in [0.2, 0.25) is 0 Å². The normalized spacial score (nSPS) is 10.1. The van der Waals surface area contributed by atoms with Gasteiger partial charge in [-0.15, -0.1) is 0 Å². The Bertz CT molecular complexity index is 474. The predicted octanol–water partition coefficient (Wildman–Crippen LogP) is 3.51. The monoisotopic (exact) mass is 280 g/mol. The van der Waals surface area contributed by atoms with Crippen molar-refractivity contribution in [2.45, 2.75) is 39.5 Å². The molecular formula is C14H20N2O4. The van der Waals surface area contributed by atoms with Crippen LogP contribution in [0.3, 0.4) is 0 Å². The first-order valence-corrected chi connectivity index (χ1v) is 6.73. The summed E-state index contributed by atoms with van der Waals surface area (Å²) in [6.07, 6.45) is 4.32. The van der Waals surface area contributed by atoms with Gasteiger partial charge in [-0.2, -0.15) is 0 Å². The number of unbranched alkanes of at least 4 members (excludes halogenated alkanes) is 3. The molecule has 6 nitrogen and oxygen atoms in total. The standard InChI is InChI=1S/C14H20N2O4/c1-3-4-5-6-9-20-12-7-8-13(15-11(2)17)14(10-12)16(18)19/h7-8,10H,3-6,9H2,1-2H3,(H,15,17). The van der Waals surface area contributed by atoms with Crippen LogP contribution >= 0.6 is 0 Å². The number of hydrogen-bond acceptors (Lipinski definition) is 4. The first kappa shape index (κ1) is 15.9. The second kappa shape index (κ2) is 8.14. The van der Waals surface area contributed by atoms with E-state index >= 15 is 0 Å². The fourth-order valence-corrected chi connectivity index (χ4v) is 1.77. The molecule has 1 aromatic carbocycles. The number of hydrogen-bond donors (Lipinski definition) is 1. The van der Waals surface area contributed by atoms with E-state index in [1.54, 1.807) is 6.07 Å². The Balaban J connectivity index is 2.67. The second-order valence-electron chi connectivity index (χ2n) is 4.53. The summed E-state index contributed by atoms with van der Waals surface area (Å²) in [7, 11) is 0. The van der Waals surface area contributed by atoms with Crippen LogP contribution in [0.1, 0.15) is 39.5 Å². The largest absolute Gasteiger partial charge is 0.493 e. The minimum absolute atomic E-state index is 0.161. The van der Waals surface area contributed by atoms with Gasteiger partial charge in [0.05, 0.1) is 17.6 Å². The summed E-state index contributed by atoms with van der Waals surface area (Å²) in [5.74, 6) is 0.101. The SMILES string of the molecule is CCCCCCOc1ccc(NC(C)=O)c([N+](=O)[O-])c1. The zero-order valence-electron chi connectivity index (χ0n) is 11.8. The third-order valence-corrected chi connectivity index (χ3v) is 2.74. The maximum atomic E-state index is 11.0. The molecule has 1 N–H and O–H groups in total. The van der Waals surface area contributed by atoms with Crippen molar-refractivity contribution in [3.8, 4) is 5.75 Å². The Morgan fingerprint density at radius 3 is 2.70 bits per heavy atom. The van der Waals surface area contributed by atoms with Crippen molar-refractivity contribution in [1.82, 2.24) is 0 Å². The highest BCUT2D eigenvalue weighted by atomic mass is 16.6. The van der Waals surface area contributed by atoms with E-state index in [-0.39, 0.29) is 17.3 Å². The molecule has 0 aliphatic carbocycles. The lowest BCUT2D eigenvalue weighted by Crippen LogP contribution is -2.08. The summed E-state index contributed by atoms with van der Waals surface area (Å²) >= 11 is 0. The third kappa shape index (κ3) is 5.26. The van der Waals surface area contributed by atoms with Crippen molar-refractivity contribution in [3.63, 3.8) is 0 Å². The van der Waals surface area contributed by atoms with Gasteiger partial charge < -0.3 is 10.1 Å². The Labute approximate surface area is 118 Å². The van der Waals surface area contributed by atoms with Gasteiger partial charge in [0.1, 0.15) is 11.4 Å². The second-order valence-corrected chi connectivity index (χ2v) is 4.53. The van der Waals surface area contributed by atoms with Crippen LogP contribution in [-0.2, 0) is 4.79 Å². The Hall–Kier alpha value is -2.11. The molecule has 0 unspecified atom stereocenters. The number of carbonyl (C=O) groups is 1. The quantitative estimate of drug-likeness (QED) is 0.449. The molecule has 110 valence electrons. The van der Waals surface area contributed by atoms with Crippen molar-refractivity contribution in [2.24, 2.45) is 0 Å². The van der Waals surface area contributed by atoms with E-state index in [1.807, 2.05) is 0 Å². The molecule has 0 saturated heterocycles. The van der Waals surface area contributed by atoms with Crippen LogP contribution in [0.5, 0.6) is 5.75 Å². The van der Waals surface area contributed by atoms with Gasteiger partial charge in [0.25, 0.3) is 5.69 Å². The van der Waals surface area contributed by atoms with Gasteiger partial charge in [0.2, 0.25) is 5.91 Å². The van der Waals surface area contributed by atoms with Gasteiger partial charge in [0, 0.05) is 6.92 Å². The number of ether oxygens (including phenoxy) is 1. The van der Waals surface area contributed by atoms with E-state index in [2.05, 4.69) is 12.2 Å². The van der Waals surface area contributed by atoms with Gasteiger partial charge >= 0.3 is 0 Å². The van der Waals surface area contributed by atoms with Crippen molar-refractivity contribution in [2.75, 3.05) is 11.9 Å². The molecule has 6 heteroatoms. The molecule has 0 spiro atoms. The van der Waals surface area contributed by atoms with Crippen molar-refractivity contribution in [3.05, 3.63) is 28.3 Å². The van der Waals surface area contributed by atoms with Gasteiger partial charge in [-0.25, -0.2) is 0 Å². The topological polar surface area (TPSA) is 81.5 Å². The summed E-state index contributed by atoms with van der Waals surface area (Å²) in [6, 6.07) is 4.45. The third-order valence-electron chi connectivity index (χ3n) is 2.74. The summed E-state index contributed by atoms with van der Waals surface area (Å²) in [4.78, 5) is 21.4. The molecule has 1 aromatic rings. The number of nitrogens with zero attached hydrogens (tertiary/aromatic N) is 1. The van der Waals surface area contributed by atoms with E-state index in [4.69, 9.17) is 4.74 Å². The number of benzene rings is 1. The molecule has 0 fully saturated rings. The summed E-state index contributed by atoms with van der Waals surface area (Å²) < 4.78 is 5.49. The Morgan fingerprint density at radius 1 is 1.35 bits per heavy atom. The highest BCUT2D eigenvalue weighted by Crippen LogP contribution is 2.29. The first-order chi connectivity index (χ1) is 9.54. The minimum atomic E-state index is -0.533. The lowest BCUT2D eigenvalue weighted by Gasteiger charge is -2.08. The van der Waals surface area contributed by atoms with Gasteiger partial charge in [0.15, 0.2) is 0 Å². The molecule has 0 aliphatic heterocycles. The lowest BCUT2D eigenvalue weighted by atomic mass is 10.2. The number of nitrogens with one attached hydrogen (secondary N) is 1. The molecule has 20 heavy (non-hydrogen) atoms. The average molecular weight is 280 g/mol. The molecule has 0 saturated carbocycles. The predicted molar refractivity (Wildman–Crippen MR) is 77.0 cm³/mol. The fourth-order valence-electron chi connectivity index (χ4n) is 1.77. The number of nitro benzene ring substituents is 1. The van der Waals surface area contributed by atoms with Crippen LogP contribution in [0.4, 0.5) is 11.4 Å². The van der Waals surface area contributed by atoms with Crippen LogP contribution in [0.25, 0.3) is 0 Å². The number of nitro groups is 1. The maximum absolute atomic E-state index is 11.0. The van der Waals surface area contributed by atoms with Crippen LogP contribution in [0, 0.1) is 10.1 Å². The zero-order valence-corrected chi connectivity index (χ0v) is 11.8. The zero-order chi connectivity index (χ0) is 15.0. The number of carbonyl (C=O) groups excluding carboxylic acids is 1. The molecular weight excluding hydrogens is 260 g/mol. The van der Waals surface area contributed by atoms with Crippen molar-refractivity contribution >= 4 is 17.3 Å². The number of rotatable bonds is 8. The molecule has 0 aromatic heterocycles. The average Bonchev–Trinajstić information content (AvgIpc) is 2.39.